The maximum Gasteiger partial charge on any atom is 0.274 e. The largest absolute Gasteiger partial charge is 0.467 e. The number of furan rings is 2. The van der Waals surface area contributed by atoms with Gasteiger partial charge in [-0.2, -0.15) is 5.10 Å². The first-order chi connectivity index (χ1) is 11.7. The van der Waals surface area contributed by atoms with Crippen molar-refractivity contribution in [1.29, 1.82) is 0 Å². The zero-order valence-electron chi connectivity index (χ0n) is 13.2. The highest BCUT2D eigenvalue weighted by Gasteiger charge is 2.36. The van der Waals surface area contributed by atoms with Crippen molar-refractivity contribution in [3.8, 4) is 0 Å². The van der Waals surface area contributed by atoms with Crippen molar-refractivity contribution in [2.45, 2.75) is 19.4 Å². The molecule has 1 atom stereocenters. The molecule has 1 aliphatic heterocycles. The molecule has 0 radical (unpaired) electrons. The number of rotatable bonds is 3. The van der Waals surface area contributed by atoms with Crippen molar-refractivity contribution in [3.05, 3.63) is 83.7 Å². The van der Waals surface area contributed by atoms with Gasteiger partial charge in [-0.05, 0) is 42.8 Å². The quantitative estimate of drug-likeness (QED) is 0.727. The molecule has 24 heavy (non-hydrogen) atoms. The molecule has 0 spiro atoms. The fraction of sp³-hybridized carbons (Fsp3) is 0.158. The molecule has 0 N–H and O–H groups in total. The van der Waals surface area contributed by atoms with Crippen LogP contribution in [0.1, 0.15) is 39.9 Å². The van der Waals surface area contributed by atoms with Gasteiger partial charge >= 0.3 is 0 Å². The van der Waals surface area contributed by atoms with E-state index >= 15 is 0 Å². The fourth-order valence-electron chi connectivity index (χ4n) is 2.93. The van der Waals surface area contributed by atoms with Gasteiger partial charge in [0.15, 0.2) is 0 Å². The predicted molar refractivity (Wildman–Crippen MR) is 88.7 cm³/mol. The maximum absolute atomic E-state index is 13.0. The molecular weight excluding hydrogens is 304 g/mol. The van der Waals surface area contributed by atoms with Gasteiger partial charge in [-0.25, -0.2) is 5.01 Å². The van der Waals surface area contributed by atoms with E-state index in [1.807, 2.05) is 55.5 Å². The van der Waals surface area contributed by atoms with Crippen LogP contribution < -0.4 is 0 Å². The van der Waals surface area contributed by atoms with E-state index in [1.54, 1.807) is 12.5 Å². The molecule has 2 aromatic heterocycles. The lowest BCUT2D eigenvalue weighted by atomic mass is 10.0. The van der Waals surface area contributed by atoms with Crippen LogP contribution in [0.2, 0.25) is 0 Å². The van der Waals surface area contributed by atoms with Gasteiger partial charge in [0.1, 0.15) is 23.3 Å². The normalized spacial score (nSPS) is 17.1. The number of hydrogen-bond acceptors (Lipinski definition) is 4. The van der Waals surface area contributed by atoms with Gasteiger partial charge in [0, 0.05) is 12.0 Å². The summed E-state index contributed by atoms with van der Waals surface area (Å²) in [6.45, 7) is 1.92. The van der Waals surface area contributed by atoms with E-state index in [4.69, 9.17) is 8.83 Å². The van der Waals surface area contributed by atoms with E-state index in [-0.39, 0.29) is 11.9 Å². The van der Waals surface area contributed by atoms with E-state index < -0.39 is 0 Å². The molecule has 120 valence electrons. The average molecular weight is 320 g/mol. The topological polar surface area (TPSA) is 59.0 Å². The Labute approximate surface area is 139 Å². The van der Waals surface area contributed by atoms with E-state index in [0.717, 1.165) is 11.3 Å². The third-order valence-electron chi connectivity index (χ3n) is 4.17. The monoisotopic (exact) mass is 320 g/mol. The van der Waals surface area contributed by atoms with Crippen molar-refractivity contribution in [1.82, 2.24) is 5.01 Å². The summed E-state index contributed by atoms with van der Waals surface area (Å²) in [5.74, 6) is 1.24. The standard InChI is InChI=1S/C19H16N2O3/c1-13-6-2-3-7-14(13)19(22)21-16(18-9-5-11-24-18)12-15(20-21)17-8-4-10-23-17/h2-11,16H,12H2,1H3/t16-/m0/s1. The summed E-state index contributed by atoms with van der Waals surface area (Å²) < 4.78 is 11.0. The smallest absolute Gasteiger partial charge is 0.274 e. The third-order valence-corrected chi connectivity index (χ3v) is 4.17. The summed E-state index contributed by atoms with van der Waals surface area (Å²) in [7, 11) is 0. The predicted octanol–water partition coefficient (Wildman–Crippen LogP) is 4.17. The molecule has 0 bridgehead atoms. The number of hydrogen-bond donors (Lipinski definition) is 0. The molecule has 1 aromatic carbocycles. The zero-order valence-corrected chi connectivity index (χ0v) is 13.2. The van der Waals surface area contributed by atoms with Crippen molar-refractivity contribution in [3.63, 3.8) is 0 Å². The number of nitrogens with zero attached hydrogens (tertiary/aromatic N) is 2. The van der Waals surface area contributed by atoms with Crippen LogP contribution in [0.5, 0.6) is 0 Å². The molecule has 0 aliphatic carbocycles. The summed E-state index contributed by atoms with van der Waals surface area (Å²) in [5.41, 5.74) is 2.30. The molecular formula is C19H16N2O3. The van der Waals surface area contributed by atoms with Crippen LogP contribution in [0.25, 0.3) is 0 Å². The molecule has 3 aromatic rings. The Hall–Kier alpha value is -3.08. The lowest BCUT2D eigenvalue weighted by molar-refractivity contribution is 0.0692. The maximum atomic E-state index is 13.0. The Balaban J connectivity index is 1.74. The molecule has 3 heterocycles. The Morgan fingerprint density at radius 3 is 2.58 bits per heavy atom. The van der Waals surface area contributed by atoms with Crippen LogP contribution in [-0.2, 0) is 0 Å². The SMILES string of the molecule is Cc1ccccc1C(=O)N1N=C(c2ccco2)C[C@H]1c1ccco1. The lowest BCUT2D eigenvalue weighted by Crippen LogP contribution is -2.27. The van der Waals surface area contributed by atoms with Crippen molar-refractivity contribution >= 4 is 11.6 Å². The van der Waals surface area contributed by atoms with Crippen LogP contribution in [0.15, 0.2) is 75.0 Å². The first-order valence-corrected chi connectivity index (χ1v) is 7.78. The fourth-order valence-corrected chi connectivity index (χ4v) is 2.93. The number of carbonyl (C=O) groups excluding carboxylic acids is 1. The van der Waals surface area contributed by atoms with Crippen molar-refractivity contribution < 1.29 is 13.6 Å². The Morgan fingerprint density at radius 2 is 1.88 bits per heavy atom. The average Bonchev–Trinajstić information content (AvgIpc) is 3.33. The summed E-state index contributed by atoms with van der Waals surface area (Å²) in [6.07, 6.45) is 3.76. The number of aryl methyl sites for hydroxylation is 1. The second-order valence-electron chi connectivity index (χ2n) is 5.72. The molecule has 0 unspecified atom stereocenters. The minimum atomic E-state index is -0.271. The van der Waals surface area contributed by atoms with Gasteiger partial charge in [0.2, 0.25) is 0 Å². The van der Waals surface area contributed by atoms with Crippen molar-refractivity contribution in [2.24, 2.45) is 5.10 Å². The number of amides is 1. The zero-order chi connectivity index (χ0) is 16.5. The number of benzene rings is 1. The van der Waals surface area contributed by atoms with Gasteiger partial charge in [0.25, 0.3) is 5.91 Å². The Kier molecular flexibility index (Phi) is 3.54. The van der Waals surface area contributed by atoms with Crippen molar-refractivity contribution in [2.75, 3.05) is 0 Å². The third kappa shape index (κ3) is 2.44. The highest BCUT2D eigenvalue weighted by Crippen LogP contribution is 2.34. The highest BCUT2D eigenvalue weighted by atomic mass is 16.3. The lowest BCUT2D eigenvalue weighted by Gasteiger charge is -2.20. The molecule has 1 amide bonds. The molecule has 0 saturated carbocycles. The Bertz CT molecular complexity index is 879. The second kappa shape index (κ2) is 5.85. The minimum Gasteiger partial charge on any atom is -0.467 e. The minimum absolute atomic E-state index is 0.143. The number of carbonyl (C=O) groups is 1. The molecule has 4 rings (SSSR count). The van der Waals surface area contributed by atoms with Crippen LogP contribution in [0.4, 0.5) is 0 Å². The Morgan fingerprint density at radius 1 is 1.08 bits per heavy atom. The van der Waals surface area contributed by atoms with Crippen LogP contribution in [0.3, 0.4) is 0 Å². The van der Waals surface area contributed by atoms with Gasteiger partial charge < -0.3 is 8.83 Å². The second-order valence-corrected chi connectivity index (χ2v) is 5.72. The van der Waals surface area contributed by atoms with Gasteiger partial charge in [-0.15, -0.1) is 0 Å². The first kappa shape index (κ1) is 14.5. The van der Waals surface area contributed by atoms with E-state index in [0.29, 0.717) is 23.5 Å². The highest BCUT2D eigenvalue weighted by molar-refractivity contribution is 6.03. The molecule has 5 nitrogen and oxygen atoms in total. The van der Waals surface area contributed by atoms with Gasteiger partial charge in [0.05, 0.1) is 12.5 Å². The van der Waals surface area contributed by atoms with Gasteiger partial charge in [-0.3, -0.25) is 4.79 Å². The molecule has 0 fully saturated rings. The number of hydrazone groups is 1. The van der Waals surface area contributed by atoms with E-state index in [2.05, 4.69) is 5.10 Å². The van der Waals surface area contributed by atoms with Crippen LogP contribution in [0, 0.1) is 6.92 Å². The summed E-state index contributed by atoms with van der Waals surface area (Å²) in [4.78, 5) is 13.0. The molecule has 1 aliphatic rings. The van der Waals surface area contributed by atoms with E-state index in [9.17, 15) is 4.79 Å². The van der Waals surface area contributed by atoms with E-state index in [1.165, 1.54) is 5.01 Å². The summed E-state index contributed by atoms with van der Waals surface area (Å²) in [6, 6.07) is 14.6. The van der Waals surface area contributed by atoms with Crippen LogP contribution in [-0.4, -0.2) is 16.6 Å². The molecule has 5 heteroatoms. The molecule has 0 saturated heterocycles. The summed E-state index contributed by atoms with van der Waals surface area (Å²) in [5, 5.41) is 6.03. The summed E-state index contributed by atoms with van der Waals surface area (Å²) >= 11 is 0. The van der Waals surface area contributed by atoms with Crippen LogP contribution >= 0.6 is 0 Å². The van der Waals surface area contributed by atoms with Gasteiger partial charge in [-0.1, -0.05) is 18.2 Å². The first-order valence-electron chi connectivity index (χ1n) is 7.78.